The van der Waals surface area contributed by atoms with Gasteiger partial charge in [0.1, 0.15) is 16.6 Å². The Hall–Kier alpha value is -4.23. The molecule has 0 saturated heterocycles. The van der Waals surface area contributed by atoms with Crippen LogP contribution in [0.3, 0.4) is 0 Å². The molecule has 2 N–H and O–H groups in total. The highest BCUT2D eigenvalue weighted by molar-refractivity contribution is 8.00. The van der Waals surface area contributed by atoms with E-state index in [1.165, 1.54) is 23.5 Å². The van der Waals surface area contributed by atoms with E-state index in [1.54, 1.807) is 42.7 Å². The Morgan fingerprint density at radius 2 is 1.82 bits per heavy atom. The average molecular weight is 638 g/mol. The molecule has 0 radical (unpaired) electrons. The van der Waals surface area contributed by atoms with E-state index >= 15 is 0 Å². The number of esters is 1. The molecule has 0 aliphatic heterocycles. The quantitative estimate of drug-likeness (QED) is 0.158. The monoisotopic (exact) mass is 637 g/mol. The third-order valence-corrected chi connectivity index (χ3v) is 9.13. The van der Waals surface area contributed by atoms with Crippen molar-refractivity contribution >= 4 is 45.9 Å². The van der Waals surface area contributed by atoms with E-state index in [9.17, 15) is 18.8 Å². The summed E-state index contributed by atoms with van der Waals surface area (Å²) >= 11 is 2.58. The van der Waals surface area contributed by atoms with Gasteiger partial charge in [0.05, 0.1) is 24.0 Å². The first-order valence-electron chi connectivity index (χ1n) is 14.3. The molecule has 2 aromatic carbocycles. The molecule has 4 aromatic rings. The number of hydrogen-bond donors (Lipinski definition) is 2. The summed E-state index contributed by atoms with van der Waals surface area (Å²) in [6, 6.07) is 14.7. The number of aryl methyl sites for hydroxylation is 1. The largest absolute Gasteiger partial charge is 0.484 e. The Labute approximate surface area is 262 Å². The molecule has 5 rings (SSSR count). The second kappa shape index (κ2) is 14.5. The van der Waals surface area contributed by atoms with Crippen LogP contribution in [0.4, 0.5) is 9.39 Å². The maximum atomic E-state index is 13.8. The molecule has 1 atom stereocenters. The van der Waals surface area contributed by atoms with Gasteiger partial charge in [-0.05, 0) is 81.5 Å². The van der Waals surface area contributed by atoms with Crippen molar-refractivity contribution in [1.82, 2.24) is 20.1 Å². The average Bonchev–Trinajstić information content (AvgIpc) is 3.60. The van der Waals surface area contributed by atoms with Crippen molar-refractivity contribution in [3.05, 3.63) is 82.2 Å². The van der Waals surface area contributed by atoms with E-state index in [0.717, 1.165) is 47.9 Å². The molecule has 13 heteroatoms. The van der Waals surface area contributed by atoms with Gasteiger partial charge in [0, 0.05) is 10.6 Å². The minimum atomic E-state index is -0.644. The minimum Gasteiger partial charge on any atom is -0.484 e. The Morgan fingerprint density at radius 3 is 2.57 bits per heavy atom. The van der Waals surface area contributed by atoms with Crippen LogP contribution in [0, 0.1) is 5.82 Å². The van der Waals surface area contributed by atoms with Crippen LogP contribution in [0.15, 0.2) is 59.8 Å². The number of amides is 2. The number of aromatic nitrogens is 3. The molecular weight excluding hydrogens is 606 g/mol. The second-order valence-electron chi connectivity index (χ2n) is 9.97. The SMILES string of the molecule is CCOC(=O)c1c(NC(=O)[C@@H](C)Sc2nnc(CNC(=O)COc3ccccc3)n2-c2ccc(F)cc2)sc2c1CCCC2. The van der Waals surface area contributed by atoms with E-state index in [0.29, 0.717) is 33.0 Å². The van der Waals surface area contributed by atoms with Gasteiger partial charge in [-0.2, -0.15) is 0 Å². The highest BCUT2D eigenvalue weighted by Gasteiger charge is 2.29. The van der Waals surface area contributed by atoms with Crippen molar-refractivity contribution in [2.45, 2.75) is 56.5 Å². The number of carbonyl (C=O) groups excluding carboxylic acids is 3. The molecule has 0 saturated carbocycles. The molecule has 0 unspecified atom stereocenters. The number of benzene rings is 2. The molecule has 1 aliphatic carbocycles. The van der Waals surface area contributed by atoms with Gasteiger partial charge in [-0.15, -0.1) is 21.5 Å². The lowest BCUT2D eigenvalue weighted by Crippen LogP contribution is -2.29. The van der Waals surface area contributed by atoms with E-state index in [2.05, 4.69) is 20.8 Å². The molecular formula is C31H32FN5O5S2. The Balaban J connectivity index is 1.31. The number of para-hydroxylation sites is 1. The molecule has 230 valence electrons. The zero-order chi connectivity index (χ0) is 31.1. The zero-order valence-corrected chi connectivity index (χ0v) is 25.9. The Kier molecular flexibility index (Phi) is 10.3. The molecule has 2 amide bonds. The highest BCUT2D eigenvalue weighted by atomic mass is 32.2. The van der Waals surface area contributed by atoms with Crippen molar-refractivity contribution in [1.29, 1.82) is 0 Å². The Morgan fingerprint density at radius 1 is 1.07 bits per heavy atom. The highest BCUT2D eigenvalue weighted by Crippen LogP contribution is 2.39. The summed E-state index contributed by atoms with van der Waals surface area (Å²) in [7, 11) is 0. The number of thiophene rings is 1. The van der Waals surface area contributed by atoms with Gasteiger partial charge in [0.25, 0.3) is 5.91 Å². The molecule has 1 aliphatic rings. The first-order chi connectivity index (χ1) is 21.3. The van der Waals surface area contributed by atoms with Gasteiger partial charge < -0.3 is 20.1 Å². The number of thioether (sulfide) groups is 1. The summed E-state index contributed by atoms with van der Waals surface area (Å²) in [6.07, 6.45) is 3.67. The summed E-state index contributed by atoms with van der Waals surface area (Å²) < 4.78 is 26.2. The molecule has 2 aromatic heterocycles. The van der Waals surface area contributed by atoms with E-state index in [-0.39, 0.29) is 31.6 Å². The minimum absolute atomic E-state index is 0.0200. The lowest BCUT2D eigenvalue weighted by molar-refractivity contribution is -0.123. The molecule has 44 heavy (non-hydrogen) atoms. The standard InChI is InChI=1S/C31H32FN5O5S2/c1-3-41-30(40)27-23-11-7-8-12-24(23)44-29(27)34-28(39)19(2)43-31-36-35-25(37(31)21-15-13-20(32)14-16-21)17-33-26(38)18-42-22-9-5-4-6-10-22/h4-6,9-10,13-16,19H,3,7-8,11-12,17-18H2,1-2H3,(H,33,38)(H,34,39)/t19-/m1/s1. The number of fused-ring (bicyclic) bond motifs is 1. The van der Waals surface area contributed by atoms with Crippen LogP contribution in [-0.4, -0.2) is 51.0 Å². The number of nitrogens with zero attached hydrogens (tertiary/aromatic N) is 3. The molecule has 0 bridgehead atoms. The van der Waals surface area contributed by atoms with Crippen molar-refractivity contribution < 1.29 is 28.2 Å². The van der Waals surface area contributed by atoms with Crippen molar-refractivity contribution in [2.75, 3.05) is 18.5 Å². The summed E-state index contributed by atoms with van der Waals surface area (Å²) in [5.41, 5.74) is 1.97. The molecule has 10 nitrogen and oxygen atoms in total. The lowest BCUT2D eigenvalue weighted by Gasteiger charge is -2.15. The molecule has 2 heterocycles. The second-order valence-corrected chi connectivity index (χ2v) is 12.4. The number of ether oxygens (including phenoxy) is 2. The predicted molar refractivity (Wildman–Crippen MR) is 166 cm³/mol. The van der Waals surface area contributed by atoms with Gasteiger partial charge >= 0.3 is 5.97 Å². The van der Waals surface area contributed by atoms with Crippen LogP contribution in [0.5, 0.6) is 5.75 Å². The van der Waals surface area contributed by atoms with E-state index in [4.69, 9.17) is 9.47 Å². The number of anilines is 1. The van der Waals surface area contributed by atoms with E-state index < -0.39 is 17.0 Å². The summed E-state index contributed by atoms with van der Waals surface area (Å²) in [5.74, 6) is -0.566. The number of rotatable bonds is 12. The third-order valence-electron chi connectivity index (χ3n) is 6.88. The van der Waals surface area contributed by atoms with E-state index in [1.807, 2.05) is 18.2 Å². The summed E-state index contributed by atoms with van der Waals surface area (Å²) in [6.45, 7) is 3.55. The van der Waals surface area contributed by atoms with Gasteiger partial charge in [0.2, 0.25) is 5.91 Å². The lowest BCUT2D eigenvalue weighted by atomic mass is 9.95. The smallest absolute Gasteiger partial charge is 0.341 e. The van der Waals surface area contributed by atoms with Crippen LogP contribution < -0.4 is 15.4 Å². The van der Waals surface area contributed by atoms with Crippen LogP contribution >= 0.6 is 23.1 Å². The fourth-order valence-electron chi connectivity index (χ4n) is 4.73. The molecule has 0 fully saturated rings. The maximum Gasteiger partial charge on any atom is 0.341 e. The predicted octanol–water partition coefficient (Wildman–Crippen LogP) is 5.34. The van der Waals surface area contributed by atoms with Crippen LogP contribution in [0.25, 0.3) is 5.69 Å². The van der Waals surface area contributed by atoms with Crippen LogP contribution in [-0.2, 0) is 33.7 Å². The first kappa shape index (κ1) is 31.2. The number of carbonyl (C=O) groups is 3. The number of halogens is 1. The number of nitrogens with one attached hydrogen (secondary N) is 2. The van der Waals surface area contributed by atoms with Gasteiger partial charge in [0.15, 0.2) is 17.6 Å². The molecule has 0 spiro atoms. The number of hydrogen-bond acceptors (Lipinski definition) is 9. The zero-order valence-electron chi connectivity index (χ0n) is 24.3. The van der Waals surface area contributed by atoms with Crippen molar-refractivity contribution in [2.24, 2.45) is 0 Å². The van der Waals surface area contributed by atoms with Gasteiger partial charge in [-0.3, -0.25) is 14.2 Å². The fraction of sp³-hybridized carbons (Fsp3) is 0.323. The van der Waals surface area contributed by atoms with Gasteiger partial charge in [-0.1, -0.05) is 30.0 Å². The summed E-state index contributed by atoms with van der Waals surface area (Å²) in [5, 5.41) is 14.5. The third kappa shape index (κ3) is 7.45. The normalized spacial score (nSPS) is 13.1. The van der Waals surface area contributed by atoms with Crippen LogP contribution in [0.1, 0.15) is 53.3 Å². The maximum absolute atomic E-state index is 13.8. The van der Waals surface area contributed by atoms with Crippen molar-refractivity contribution in [3.8, 4) is 11.4 Å². The fourth-order valence-corrected chi connectivity index (χ4v) is 6.90. The van der Waals surface area contributed by atoms with Crippen LogP contribution in [0.2, 0.25) is 0 Å². The van der Waals surface area contributed by atoms with Crippen molar-refractivity contribution in [3.63, 3.8) is 0 Å². The summed E-state index contributed by atoms with van der Waals surface area (Å²) in [4.78, 5) is 39.8. The van der Waals surface area contributed by atoms with Gasteiger partial charge in [-0.25, -0.2) is 9.18 Å². The Bertz CT molecular complexity index is 1620. The topological polar surface area (TPSA) is 124 Å². The first-order valence-corrected chi connectivity index (χ1v) is 16.0.